The topological polar surface area (TPSA) is 70.8 Å². The number of fused-ring (bicyclic) bond motifs is 1. The Labute approximate surface area is 132 Å². The monoisotopic (exact) mass is 313 g/mol. The number of nitrogens with zero attached hydrogens (tertiary/aromatic N) is 1. The van der Waals surface area contributed by atoms with Crippen LogP contribution in [0.3, 0.4) is 0 Å². The average Bonchev–Trinajstić information content (AvgIpc) is 3.07. The van der Waals surface area contributed by atoms with Gasteiger partial charge in [-0.2, -0.15) is 0 Å². The number of rotatable bonds is 5. The second-order valence-electron chi connectivity index (χ2n) is 4.78. The molecule has 1 heterocycles. The van der Waals surface area contributed by atoms with Crippen molar-refractivity contribution in [3.05, 3.63) is 47.9 Å². The molecular weight excluding hydrogens is 298 g/mol. The number of methoxy groups -OCH3 is 3. The molecule has 3 rings (SSSR count). The third kappa shape index (κ3) is 2.59. The van der Waals surface area contributed by atoms with Crippen LogP contribution in [0.2, 0.25) is 0 Å². The van der Waals surface area contributed by atoms with Crippen LogP contribution < -0.4 is 14.2 Å². The van der Waals surface area contributed by atoms with Gasteiger partial charge in [-0.3, -0.25) is 4.79 Å². The first kappa shape index (κ1) is 14.9. The minimum atomic E-state index is -0.172. The molecule has 0 saturated carbocycles. The van der Waals surface area contributed by atoms with Gasteiger partial charge in [0, 0.05) is 11.1 Å². The molecule has 0 aliphatic carbocycles. The summed E-state index contributed by atoms with van der Waals surface area (Å²) in [6, 6.07) is 8.34. The van der Waals surface area contributed by atoms with Crippen LogP contribution in [-0.2, 0) is 0 Å². The van der Waals surface area contributed by atoms with Crippen molar-refractivity contribution in [2.24, 2.45) is 0 Å². The largest absolute Gasteiger partial charge is 0.493 e. The van der Waals surface area contributed by atoms with Crippen LogP contribution in [0.1, 0.15) is 15.9 Å². The van der Waals surface area contributed by atoms with Gasteiger partial charge < -0.3 is 18.6 Å². The van der Waals surface area contributed by atoms with Crippen LogP contribution in [0.5, 0.6) is 17.2 Å². The number of carbonyl (C=O) groups is 1. The van der Waals surface area contributed by atoms with Crippen molar-refractivity contribution in [1.82, 2.24) is 4.98 Å². The Morgan fingerprint density at radius 3 is 2.26 bits per heavy atom. The molecule has 6 nitrogen and oxygen atoms in total. The van der Waals surface area contributed by atoms with E-state index in [1.54, 1.807) is 30.3 Å². The molecule has 2 aromatic carbocycles. The van der Waals surface area contributed by atoms with Crippen LogP contribution in [0.4, 0.5) is 0 Å². The number of benzene rings is 2. The van der Waals surface area contributed by atoms with Gasteiger partial charge in [0.05, 0.1) is 21.3 Å². The Morgan fingerprint density at radius 2 is 1.65 bits per heavy atom. The first-order valence-corrected chi connectivity index (χ1v) is 6.86. The van der Waals surface area contributed by atoms with Crippen LogP contribution in [0, 0.1) is 0 Å². The number of hydrogen-bond acceptors (Lipinski definition) is 6. The van der Waals surface area contributed by atoms with Gasteiger partial charge in [-0.15, -0.1) is 0 Å². The summed E-state index contributed by atoms with van der Waals surface area (Å²) in [5.74, 6) is 1.13. The summed E-state index contributed by atoms with van der Waals surface area (Å²) in [5.41, 5.74) is 2.19. The van der Waals surface area contributed by atoms with E-state index in [1.165, 1.54) is 27.7 Å². The second kappa shape index (κ2) is 6.00. The Morgan fingerprint density at radius 1 is 0.957 bits per heavy atom. The predicted molar refractivity (Wildman–Crippen MR) is 83.5 cm³/mol. The normalized spacial score (nSPS) is 10.6. The Bertz CT molecular complexity index is 843. The number of oxazole rings is 1. The van der Waals surface area contributed by atoms with E-state index in [0.29, 0.717) is 39.5 Å². The van der Waals surface area contributed by atoms with Crippen molar-refractivity contribution in [1.29, 1.82) is 0 Å². The van der Waals surface area contributed by atoms with Gasteiger partial charge in [-0.1, -0.05) is 0 Å². The first-order valence-electron chi connectivity index (χ1n) is 6.86. The number of ketones is 1. The Hall–Kier alpha value is -3.02. The van der Waals surface area contributed by atoms with Crippen LogP contribution in [0.15, 0.2) is 41.1 Å². The third-order valence-corrected chi connectivity index (χ3v) is 3.52. The highest BCUT2D eigenvalue weighted by molar-refractivity contribution is 6.10. The first-order chi connectivity index (χ1) is 11.2. The molecule has 0 saturated heterocycles. The maximum atomic E-state index is 12.7. The zero-order chi connectivity index (χ0) is 16.4. The maximum absolute atomic E-state index is 12.7. The van der Waals surface area contributed by atoms with Crippen LogP contribution in [-0.4, -0.2) is 32.1 Å². The van der Waals surface area contributed by atoms with Crippen LogP contribution in [0.25, 0.3) is 11.1 Å². The smallest absolute Gasteiger partial charge is 0.203 e. The quantitative estimate of drug-likeness (QED) is 0.674. The lowest BCUT2D eigenvalue weighted by atomic mass is 10.0. The summed E-state index contributed by atoms with van der Waals surface area (Å²) in [6.45, 7) is 0. The van der Waals surface area contributed by atoms with E-state index in [2.05, 4.69) is 4.98 Å². The molecule has 0 bridgehead atoms. The molecule has 6 heteroatoms. The average molecular weight is 313 g/mol. The molecule has 3 aromatic rings. The fraction of sp³-hybridized carbons (Fsp3) is 0.176. The molecular formula is C17H15NO5. The highest BCUT2D eigenvalue weighted by atomic mass is 16.5. The molecule has 0 N–H and O–H groups in total. The highest BCUT2D eigenvalue weighted by Crippen LogP contribution is 2.38. The summed E-state index contributed by atoms with van der Waals surface area (Å²) >= 11 is 0. The lowest BCUT2D eigenvalue weighted by Gasteiger charge is -2.13. The number of aromatic nitrogens is 1. The lowest BCUT2D eigenvalue weighted by molar-refractivity contribution is 0.103. The maximum Gasteiger partial charge on any atom is 0.203 e. The third-order valence-electron chi connectivity index (χ3n) is 3.52. The molecule has 0 spiro atoms. The minimum absolute atomic E-state index is 0.172. The SMILES string of the molecule is COc1cc(C(=O)c2ccc3ocnc3c2)cc(OC)c1OC. The lowest BCUT2D eigenvalue weighted by Crippen LogP contribution is -2.04. The van der Waals surface area contributed by atoms with Crippen molar-refractivity contribution in [2.75, 3.05) is 21.3 Å². The molecule has 23 heavy (non-hydrogen) atoms. The zero-order valence-corrected chi connectivity index (χ0v) is 13.0. The van der Waals surface area contributed by atoms with Gasteiger partial charge in [0.25, 0.3) is 0 Å². The predicted octanol–water partition coefficient (Wildman–Crippen LogP) is 3.08. The van der Waals surface area contributed by atoms with E-state index in [1.807, 2.05) is 0 Å². The summed E-state index contributed by atoms with van der Waals surface area (Å²) in [5, 5.41) is 0. The Kier molecular flexibility index (Phi) is 3.89. The van der Waals surface area contributed by atoms with E-state index in [0.717, 1.165) is 0 Å². The highest BCUT2D eigenvalue weighted by Gasteiger charge is 2.18. The van der Waals surface area contributed by atoms with Crippen molar-refractivity contribution >= 4 is 16.9 Å². The molecule has 0 amide bonds. The standard InChI is InChI=1S/C17H15NO5/c1-20-14-7-11(8-15(21-2)17(14)22-3)16(19)10-4-5-13-12(6-10)18-9-23-13/h4-9H,1-3H3. The number of ether oxygens (including phenoxy) is 3. The number of carbonyl (C=O) groups excluding carboxylic acids is 1. The molecule has 0 unspecified atom stereocenters. The van der Waals surface area contributed by atoms with Gasteiger partial charge in [0.15, 0.2) is 29.3 Å². The summed E-state index contributed by atoms with van der Waals surface area (Å²) in [7, 11) is 4.53. The van der Waals surface area contributed by atoms with E-state index in [-0.39, 0.29) is 5.78 Å². The molecule has 118 valence electrons. The summed E-state index contributed by atoms with van der Waals surface area (Å²) < 4.78 is 21.0. The van der Waals surface area contributed by atoms with E-state index in [9.17, 15) is 4.79 Å². The van der Waals surface area contributed by atoms with Crippen molar-refractivity contribution < 1.29 is 23.4 Å². The van der Waals surface area contributed by atoms with E-state index in [4.69, 9.17) is 18.6 Å². The van der Waals surface area contributed by atoms with Crippen molar-refractivity contribution in [3.63, 3.8) is 0 Å². The van der Waals surface area contributed by atoms with Gasteiger partial charge >= 0.3 is 0 Å². The summed E-state index contributed by atoms with van der Waals surface area (Å²) in [4.78, 5) is 16.8. The molecule has 0 aliphatic rings. The fourth-order valence-electron chi connectivity index (χ4n) is 2.38. The summed E-state index contributed by atoms with van der Waals surface area (Å²) in [6.07, 6.45) is 1.35. The fourth-order valence-corrected chi connectivity index (χ4v) is 2.38. The number of hydrogen-bond donors (Lipinski definition) is 0. The van der Waals surface area contributed by atoms with E-state index < -0.39 is 0 Å². The van der Waals surface area contributed by atoms with Gasteiger partial charge in [-0.05, 0) is 30.3 Å². The Balaban J connectivity index is 2.07. The van der Waals surface area contributed by atoms with Gasteiger partial charge in [-0.25, -0.2) is 4.98 Å². The molecule has 0 atom stereocenters. The van der Waals surface area contributed by atoms with Crippen LogP contribution >= 0.6 is 0 Å². The van der Waals surface area contributed by atoms with Gasteiger partial charge in [0.1, 0.15) is 5.52 Å². The molecule has 0 radical (unpaired) electrons. The molecule has 0 aliphatic heterocycles. The molecule has 0 fully saturated rings. The van der Waals surface area contributed by atoms with Gasteiger partial charge in [0.2, 0.25) is 5.75 Å². The van der Waals surface area contributed by atoms with E-state index >= 15 is 0 Å². The minimum Gasteiger partial charge on any atom is -0.493 e. The van der Waals surface area contributed by atoms with Crippen molar-refractivity contribution in [2.45, 2.75) is 0 Å². The molecule has 1 aromatic heterocycles. The zero-order valence-electron chi connectivity index (χ0n) is 13.0. The second-order valence-corrected chi connectivity index (χ2v) is 4.78. The van der Waals surface area contributed by atoms with Crippen molar-refractivity contribution in [3.8, 4) is 17.2 Å².